The fourth-order valence-electron chi connectivity index (χ4n) is 1.61. The molecule has 1 aliphatic rings. The molecule has 0 saturated carbocycles. The minimum atomic E-state index is -0.429. The van der Waals surface area contributed by atoms with Gasteiger partial charge in [0.25, 0.3) is 11.8 Å². The van der Waals surface area contributed by atoms with Gasteiger partial charge in [-0.1, -0.05) is 0 Å². The van der Waals surface area contributed by atoms with Gasteiger partial charge >= 0.3 is 0 Å². The molecule has 0 aliphatic carbocycles. The van der Waals surface area contributed by atoms with E-state index in [4.69, 9.17) is 15.2 Å². The third kappa shape index (κ3) is 2.07. The van der Waals surface area contributed by atoms with Crippen molar-refractivity contribution in [2.24, 2.45) is 0 Å². The van der Waals surface area contributed by atoms with Crippen LogP contribution in [0.5, 0.6) is 5.75 Å². The number of imide groups is 1. The monoisotopic (exact) mass is 236 g/mol. The van der Waals surface area contributed by atoms with Gasteiger partial charge in [-0.2, -0.15) is 0 Å². The number of nitrogen functional groups attached to an aromatic ring is 1. The van der Waals surface area contributed by atoms with E-state index in [1.54, 1.807) is 18.2 Å². The molecule has 6 heteroatoms. The van der Waals surface area contributed by atoms with E-state index in [1.165, 1.54) is 7.11 Å². The molecule has 17 heavy (non-hydrogen) atoms. The van der Waals surface area contributed by atoms with E-state index in [9.17, 15) is 9.59 Å². The average molecular weight is 236 g/mol. The van der Waals surface area contributed by atoms with Crippen LogP contribution in [0.3, 0.4) is 0 Å². The van der Waals surface area contributed by atoms with Crippen LogP contribution < -0.4 is 15.4 Å². The number of morpholine rings is 1. The van der Waals surface area contributed by atoms with Crippen molar-refractivity contribution >= 4 is 23.2 Å². The van der Waals surface area contributed by atoms with Gasteiger partial charge in [0.05, 0.1) is 18.5 Å². The zero-order chi connectivity index (χ0) is 12.4. The van der Waals surface area contributed by atoms with Crippen LogP contribution in [-0.4, -0.2) is 32.1 Å². The highest BCUT2D eigenvalue weighted by Gasteiger charge is 2.29. The summed E-state index contributed by atoms with van der Waals surface area (Å²) in [5.41, 5.74) is 6.43. The lowest BCUT2D eigenvalue weighted by Gasteiger charge is -2.26. The van der Waals surface area contributed by atoms with Crippen LogP contribution in [0, 0.1) is 0 Å². The first-order valence-corrected chi connectivity index (χ1v) is 5.00. The summed E-state index contributed by atoms with van der Waals surface area (Å²) in [4.78, 5) is 24.3. The summed E-state index contributed by atoms with van der Waals surface area (Å²) in [6, 6.07) is 4.80. The zero-order valence-electron chi connectivity index (χ0n) is 9.30. The molecule has 6 nitrogen and oxygen atoms in total. The van der Waals surface area contributed by atoms with Crippen molar-refractivity contribution in [3.8, 4) is 5.75 Å². The molecule has 1 aromatic rings. The highest BCUT2D eigenvalue weighted by molar-refractivity contribution is 6.18. The van der Waals surface area contributed by atoms with Gasteiger partial charge in [-0.3, -0.25) is 9.59 Å². The summed E-state index contributed by atoms with van der Waals surface area (Å²) in [6.07, 6.45) is 0. The molecule has 2 rings (SSSR count). The van der Waals surface area contributed by atoms with Crippen molar-refractivity contribution in [1.29, 1.82) is 0 Å². The van der Waals surface area contributed by atoms with Crippen molar-refractivity contribution in [3.63, 3.8) is 0 Å². The van der Waals surface area contributed by atoms with E-state index in [2.05, 4.69) is 0 Å². The third-order valence-corrected chi connectivity index (χ3v) is 2.43. The molecule has 1 aromatic carbocycles. The predicted molar refractivity (Wildman–Crippen MR) is 60.7 cm³/mol. The molecule has 2 N–H and O–H groups in total. The summed E-state index contributed by atoms with van der Waals surface area (Å²) in [5.74, 6) is -0.330. The van der Waals surface area contributed by atoms with Crippen molar-refractivity contribution in [3.05, 3.63) is 18.2 Å². The Bertz CT molecular complexity index is 457. The number of hydrogen-bond acceptors (Lipinski definition) is 5. The number of anilines is 2. The molecule has 1 saturated heterocycles. The lowest BCUT2D eigenvalue weighted by atomic mass is 10.2. The maximum absolute atomic E-state index is 11.6. The normalized spacial score (nSPS) is 16.2. The summed E-state index contributed by atoms with van der Waals surface area (Å²) < 4.78 is 9.86. The number of nitrogens with two attached hydrogens (primary N) is 1. The van der Waals surface area contributed by atoms with Crippen LogP contribution in [0.15, 0.2) is 18.2 Å². The molecular formula is C11H12N2O4. The Hall–Kier alpha value is -2.08. The average Bonchev–Trinajstić information content (AvgIpc) is 2.31. The Morgan fingerprint density at radius 3 is 2.53 bits per heavy atom. The number of ether oxygens (including phenoxy) is 2. The number of methoxy groups -OCH3 is 1. The first kappa shape index (κ1) is 11.4. The molecule has 0 atom stereocenters. The molecule has 2 amide bonds. The number of rotatable bonds is 2. The highest BCUT2D eigenvalue weighted by Crippen LogP contribution is 2.29. The van der Waals surface area contributed by atoms with E-state index in [-0.39, 0.29) is 13.2 Å². The van der Waals surface area contributed by atoms with E-state index < -0.39 is 11.8 Å². The van der Waals surface area contributed by atoms with Crippen LogP contribution in [0.1, 0.15) is 0 Å². The first-order valence-electron chi connectivity index (χ1n) is 5.00. The molecule has 0 radical (unpaired) electrons. The Morgan fingerprint density at radius 2 is 1.94 bits per heavy atom. The number of carbonyl (C=O) groups is 2. The maximum Gasteiger partial charge on any atom is 0.259 e. The molecule has 90 valence electrons. The van der Waals surface area contributed by atoms with Crippen molar-refractivity contribution < 1.29 is 19.1 Å². The molecule has 0 bridgehead atoms. The van der Waals surface area contributed by atoms with Gasteiger partial charge in [-0.25, -0.2) is 4.90 Å². The van der Waals surface area contributed by atoms with Gasteiger partial charge in [-0.15, -0.1) is 0 Å². The van der Waals surface area contributed by atoms with Crippen LogP contribution >= 0.6 is 0 Å². The lowest BCUT2D eigenvalue weighted by molar-refractivity contribution is -0.138. The van der Waals surface area contributed by atoms with E-state index in [1.807, 2.05) is 0 Å². The first-order chi connectivity index (χ1) is 8.13. The van der Waals surface area contributed by atoms with Crippen molar-refractivity contribution in [2.75, 3.05) is 31.0 Å². The zero-order valence-corrected chi connectivity index (χ0v) is 9.30. The van der Waals surface area contributed by atoms with E-state index in [0.717, 1.165) is 4.90 Å². The Kier molecular flexibility index (Phi) is 2.97. The minimum absolute atomic E-state index is 0.123. The Labute approximate surface area is 97.9 Å². The molecule has 0 unspecified atom stereocenters. The second-order valence-electron chi connectivity index (χ2n) is 3.54. The second-order valence-corrected chi connectivity index (χ2v) is 3.54. The van der Waals surface area contributed by atoms with Gasteiger partial charge in [0.2, 0.25) is 0 Å². The number of amides is 2. The lowest BCUT2D eigenvalue weighted by Crippen LogP contribution is -2.46. The quantitative estimate of drug-likeness (QED) is 0.584. The molecular weight excluding hydrogens is 224 g/mol. The van der Waals surface area contributed by atoms with Gasteiger partial charge in [0, 0.05) is 6.07 Å². The summed E-state index contributed by atoms with van der Waals surface area (Å²) in [6.45, 7) is -0.245. The predicted octanol–water partition coefficient (Wildman–Crippen LogP) is 0.167. The standard InChI is InChI=1S/C11H12N2O4/c1-16-7-2-3-8(12)9(4-7)13-10(14)5-17-6-11(13)15/h2-4H,5-6,12H2,1H3. The van der Waals surface area contributed by atoms with Crippen molar-refractivity contribution in [1.82, 2.24) is 0 Å². The van der Waals surface area contributed by atoms with Crippen LogP contribution in [-0.2, 0) is 14.3 Å². The number of carbonyl (C=O) groups excluding carboxylic acids is 2. The van der Waals surface area contributed by atoms with E-state index >= 15 is 0 Å². The van der Waals surface area contributed by atoms with Gasteiger partial charge < -0.3 is 15.2 Å². The molecule has 0 aromatic heterocycles. The van der Waals surface area contributed by atoms with E-state index in [0.29, 0.717) is 17.1 Å². The van der Waals surface area contributed by atoms with Gasteiger partial charge in [0.15, 0.2) is 0 Å². The largest absolute Gasteiger partial charge is 0.497 e. The Morgan fingerprint density at radius 1 is 1.29 bits per heavy atom. The topological polar surface area (TPSA) is 81.9 Å². The number of benzene rings is 1. The fourth-order valence-corrected chi connectivity index (χ4v) is 1.61. The summed E-state index contributed by atoms with van der Waals surface area (Å²) in [5, 5.41) is 0. The van der Waals surface area contributed by atoms with Crippen molar-refractivity contribution in [2.45, 2.75) is 0 Å². The fraction of sp³-hybridized carbons (Fsp3) is 0.273. The Balaban J connectivity index is 2.43. The van der Waals surface area contributed by atoms with Crippen LogP contribution in [0.4, 0.5) is 11.4 Å². The number of nitrogens with zero attached hydrogens (tertiary/aromatic N) is 1. The minimum Gasteiger partial charge on any atom is -0.497 e. The highest BCUT2D eigenvalue weighted by atomic mass is 16.5. The summed E-state index contributed by atoms with van der Waals surface area (Å²) >= 11 is 0. The SMILES string of the molecule is COc1ccc(N)c(N2C(=O)COCC2=O)c1. The van der Waals surface area contributed by atoms with Crippen LogP contribution in [0.2, 0.25) is 0 Å². The maximum atomic E-state index is 11.6. The second kappa shape index (κ2) is 4.42. The number of hydrogen-bond donors (Lipinski definition) is 1. The molecule has 1 fully saturated rings. The molecule has 1 heterocycles. The smallest absolute Gasteiger partial charge is 0.259 e. The third-order valence-electron chi connectivity index (χ3n) is 2.43. The van der Waals surface area contributed by atoms with Crippen LogP contribution in [0.25, 0.3) is 0 Å². The summed E-state index contributed by atoms with van der Waals surface area (Å²) in [7, 11) is 1.50. The van der Waals surface area contributed by atoms with Gasteiger partial charge in [-0.05, 0) is 12.1 Å². The molecule has 0 spiro atoms. The molecule has 1 aliphatic heterocycles. The van der Waals surface area contributed by atoms with Gasteiger partial charge in [0.1, 0.15) is 19.0 Å².